The summed E-state index contributed by atoms with van der Waals surface area (Å²) in [5.41, 5.74) is 2.73. The number of halogens is 2. The van der Waals surface area contributed by atoms with E-state index < -0.39 is 17.6 Å². The molecule has 1 aliphatic heterocycles. The van der Waals surface area contributed by atoms with Crippen LogP contribution in [0.25, 0.3) is 11.1 Å². The van der Waals surface area contributed by atoms with Crippen LogP contribution in [0.5, 0.6) is 0 Å². The number of nitrogens with one attached hydrogen (secondary N) is 1. The van der Waals surface area contributed by atoms with Gasteiger partial charge in [-0.1, -0.05) is 41.4 Å². The molecule has 0 radical (unpaired) electrons. The molecule has 0 spiro atoms. The van der Waals surface area contributed by atoms with Crippen molar-refractivity contribution in [1.29, 1.82) is 0 Å². The lowest BCUT2D eigenvalue weighted by molar-refractivity contribution is -0.126. The molecule has 1 atom stereocenters. The number of benzene rings is 2. The fourth-order valence-electron chi connectivity index (χ4n) is 2.95. The van der Waals surface area contributed by atoms with Gasteiger partial charge in [0.15, 0.2) is 5.76 Å². The van der Waals surface area contributed by atoms with Crippen molar-refractivity contribution < 1.29 is 14.7 Å². The maximum absolute atomic E-state index is 12.4. The molecule has 1 heterocycles. The fraction of sp³-hybridized carbons (Fsp3) is 0.200. The predicted molar refractivity (Wildman–Crippen MR) is 106 cm³/mol. The van der Waals surface area contributed by atoms with Crippen LogP contribution in [0, 0.1) is 0 Å². The summed E-state index contributed by atoms with van der Waals surface area (Å²) in [6.07, 6.45) is 0. The minimum Gasteiger partial charge on any atom is -0.503 e. The van der Waals surface area contributed by atoms with E-state index in [1.165, 1.54) is 11.9 Å². The number of carbonyl (C=O) groups is 2. The zero-order valence-corrected chi connectivity index (χ0v) is 16.3. The van der Waals surface area contributed by atoms with Gasteiger partial charge in [-0.2, -0.15) is 0 Å². The summed E-state index contributed by atoms with van der Waals surface area (Å²) in [5, 5.41) is 13.7. The van der Waals surface area contributed by atoms with Crippen molar-refractivity contribution in [1.82, 2.24) is 10.2 Å². The molecule has 0 bridgehead atoms. The number of amides is 2. The van der Waals surface area contributed by atoms with Gasteiger partial charge in [0.25, 0.3) is 11.8 Å². The Morgan fingerprint density at radius 1 is 1.15 bits per heavy atom. The van der Waals surface area contributed by atoms with E-state index in [9.17, 15) is 14.7 Å². The Bertz CT molecular complexity index is 936. The first-order valence-electron chi connectivity index (χ1n) is 8.31. The average Bonchev–Trinajstić information content (AvgIpc) is 2.88. The zero-order chi connectivity index (χ0) is 19.7. The average molecular weight is 405 g/mol. The van der Waals surface area contributed by atoms with Crippen LogP contribution in [0.2, 0.25) is 10.0 Å². The van der Waals surface area contributed by atoms with E-state index in [1.54, 1.807) is 6.07 Å². The maximum Gasteiger partial charge on any atom is 0.289 e. The Morgan fingerprint density at radius 2 is 1.81 bits per heavy atom. The number of rotatable bonds is 4. The molecular weight excluding hydrogens is 387 g/mol. The SMILES string of the molecule is CC(NC(=O)C1=C(O)C(=O)N(C)C1)c1cccc(-c2cc(Cl)cc(Cl)c2)c1. The highest BCUT2D eigenvalue weighted by molar-refractivity contribution is 6.35. The Hall–Kier alpha value is -2.50. The molecule has 2 aromatic carbocycles. The van der Waals surface area contributed by atoms with E-state index in [0.717, 1.165) is 16.7 Å². The summed E-state index contributed by atoms with van der Waals surface area (Å²) < 4.78 is 0. The molecule has 7 heteroatoms. The summed E-state index contributed by atoms with van der Waals surface area (Å²) >= 11 is 12.2. The zero-order valence-electron chi connectivity index (χ0n) is 14.8. The third kappa shape index (κ3) is 4.10. The molecule has 140 valence electrons. The Balaban J connectivity index is 1.81. The largest absolute Gasteiger partial charge is 0.503 e. The standard InChI is InChI=1S/C20H18Cl2N2O3/c1-11(23-19(26)17-10-24(2)20(27)18(17)25)12-4-3-5-13(6-12)14-7-15(21)9-16(22)8-14/h3-9,11,25H,10H2,1-2H3,(H,23,26). The minimum absolute atomic E-state index is 0.0760. The number of aliphatic hydroxyl groups excluding tert-OH is 1. The van der Waals surface area contributed by atoms with Crippen molar-refractivity contribution >= 4 is 35.0 Å². The molecular formula is C20H18Cl2N2O3. The Kier molecular flexibility index (Phi) is 5.44. The normalized spacial score (nSPS) is 15.3. The number of carbonyl (C=O) groups excluding carboxylic acids is 2. The molecule has 2 aromatic rings. The van der Waals surface area contributed by atoms with E-state index >= 15 is 0 Å². The monoisotopic (exact) mass is 404 g/mol. The van der Waals surface area contributed by atoms with Gasteiger partial charge in [-0.25, -0.2) is 0 Å². The second kappa shape index (κ2) is 7.62. The molecule has 5 nitrogen and oxygen atoms in total. The summed E-state index contributed by atoms with van der Waals surface area (Å²) in [4.78, 5) is 25.4. The van der Waals surface area contributed by atoms with E-state index in [4.69, 9.17) is 23.2 Å². The minimum atomic E-state index is -0.548. The van der Waals surface area contributed by atoms with Gasteiger partial charge in [-0.05, 0) is 47.9 Å². The molecule has 1 aliphatic rings. The summed E-state index contributed by atoms with van der Waals surface area (Å²) in [6.45, 7) is 1.92. The van der Waals surface area contributed by atoms with Crippen molar-refractivity contribution in [3.63, 3.8) is 0 Å². The second-order valence-corrected chi connectivity index (χ2v) is 7.34. The number of hydrogen-bond acceptors (Lipinski definition) is 3. The maximum atomic E-state index is 12.4. The molecule has 0 fully saturated rings. The molecule has 0 aromatic heterocycles. The van der Waals surface area contributed by atoms with Crippen molar-refractivity contribution in [2.75, 3.05) is 13.6 Å². The number of aliphatic hydroxyl groups is 1. The molecule has 0 saturated carbocycles. The Labute approximate surface area is 167 Å². The summed E-state index contributed by atoms with van der Waals surface area (Å²) in [6, 6.07) is 12.6. The van der Waals surface area contributed by atoms with Crippen LogP contribution in [0.1, 0.15) is 18.5 Å². The van der Waals surface area contributed by atoms with Crippen LogP contribution < -0.4 is 5.32 Å². The summed E-state index contributed by atoms with van der Waals surface area (Å²) in [7, 11) is 1.53. The molecule has 1 unspecified atom stereocenters. The van der Waals surface area contributed by atoms with E-state index in [2.05, 4.69) is 5.32 Å². The van der Waals surface area contributed by atoms with Gasteiger partial charge >= 0.3 is 0 Å². The van der Waals surface area contributed by atoms with Crippen LogP contribution in [0.3, 0.4) is 0 Å². The number of likely N-dealkylation sites (N-methyl/N-ethyl adjacent to an activating group) is 1. The third-order valence-electron chi connectivity index (χ3n) is 4.43. The lowest BCUT2D eigenvalue weighted by atomic mass is 10.00. The van der Waals surface area contributed by atoms with Gasteiger partial charge in [0, 0.05) is 17.1 Å². The second-order valence-electron chi connectivity index (χ2n) is 6.47. The third-order valence-corrected chi connectivity index (χ3v) is 4.87. The van der Waals surface area contributed by atoms with Gasteiger partial charge in [0.1, 0.15) is 0 Å². The van der Waals surface area contributed by atoms with Gasteiger partial charge in [0.05, 0.1) is 18.2 Å². The molecule has 2 N–H and O–H groups in total. The van der Waals surface area contributed by atoms with Gasteiger partial charge < -0.3 is 15.3 Å². The van der Waals surface area contributed by atoms with Gasteiger partial charge in [0.2, 0.25) is 0 Å². The van der Waals surface area contributed by atoms with Crippen molar-refractivity contribution in [3.8, 4) is 11.1 Å². The first kappa shape index (κ1) is 19.3. The highest BCUT2D eigenvalue weighted by Gasteiger charge is 2.32. The van der Waals surface area contributed by atoms with Crippen LogP contribution in [-0.4, -0.2) is 35.4 Å². The van der Waals surface area contributed by atoms with E-state index in [0.29, 0.717) is 10.0 Å². The summed E-state index contributed by atoms with van der Waals surface area (Å²) in [5.74, 6) is -1.51. The predicted octanol–water partition coefficient (Wildman–Crippen LogP) is 4.12. The van der Waals surface area contributed by atoms with Crippen LogP contribution in [0.15, 0.2) is 53.8 Å². The van der Waals surface area contributed by atoms with Gasteiger partial charge in [-0.3, -0.25) is 9.59 Å². The van der Waals surface area contributed by atoms with Crippen LogP contribution in [-0.2, 0) is 9.59 Å². The topological polar surface area (TPSA) is 69.6 Å². The smallest absolute Gasteiger partial charge is 0.289 e. The highest BCUT2D eigenvalue weighted by atomic mass is 35.5. The van der Waals surface area contributed by atoms with Crippen molar-refractivity contribution in [2.45, 2.75) is 13.0 Å². The van der Waals surface area contributed by atoms with E-state index in [1.807, 2.05) is 43.3 Å². The lowest BCUT2D eigenvalue weighted by Crippen LogP contribution is -2.30. The quantitative estimate of drug-likeness (QED) is 0.804. The lowest BCUT2D eigenvalue weighted by Gasteiger charge is -2.16. The van der Waals surface area contributed by atoms with Gasteiger partial charge in [-0.15, -0.1) is 0 Å². The molecule has 2 amide bonds. The molecule has 0 aliphatic carbocycles. The van der Waals surface area contributed by atoms with Crippen LogP contribution in [0.4, 0.5) is 0 Å². The molecule has 27 heavy (non-hydrogen) atoms. The molecule has 3 rings (SSSR count). The fourth-order valence-corrected chi connectivity index (χ4v) is 3.47. The highest BCUT2D eigenvalue weighted by Crippen LogP contribution is 2.29. The first-order valence-corrected chi connectivity index (χ1v) is 9.06. The Morgan fingerprint density at radius 3 is 2.41 bits per heavy atom. The van der Waals surface area contributed by atoms with Crippen molar-refractivity contribution in [2.24, 2.45) is 0 Å². The van der Waals surface area contributed by atoms with Crippen molar-refractivity contribution in [3.05, 3.63) is 69.4 Å². The molecule has 0 saturated heterocycles. The van der Waals surface area contributed by atoms with E-state index in [-0.39, 0.29) is 18.2 Å². The van der Waals surface area contributed by atoms with Crippen LogP contribution >= 0.6 is 23.2 Å². The number of hydrogen-bond donors (Lipinski definition) is 2. The number of nitrogens with zero attached hydrogens (tertiary/aromatic N) is 1. The first-order chi connectivity index (χ1) is 12.8.